The van der Waals surface area contributed by atoms with E-state index < -0.39 is 0 Å². The number of H-pyrrole nitrogens is 1. The number of anilines is 2. The van der Waals surface area contributed by atoms with Crippen molar-refractivity contribution in [1.29, 1.82) is 0 Å². The monoisotopic (exact) mass is 342 g/mol. The topological polar surface area (TPSA) is 78.0 Å². The lowest BCUT2D eigenvalue weighted by Crippen LogP contribution is -2.32. The van der Waals surface area contributed by atoms with Gasteiger partial charge in [0.15, 0.2) is 0 Å². The fraction of sp³-hybridized carbons (Fsp3) is 0.375. The molecule has 8 heteroatoms. The van der Waals surface area contributed by atoms with Crippen molar-refractivity contribution in [2.75, 3.05) is 36.0 Å². The Hall–Kier alpha value is -2.48. The molecule has 1 fully saturated rings. The second-order valence-electron chi connectivity index (χ2n) is 5.90. The Morgan fingerprint density at radius 3 is 2.79 bits per heavy atom. The summed E-state index contributed by atoms with van der Waals surface area (Å²) in [6.07, 6.45) is 2.67. The Kier molecular flexibility index (Phi) is 3.89. The van der Waals surface area contributed by atoms with Crippen molar-refractivity contribution in [3.8, 4) is 0 Å². The number of nitrogens with zero attached hydrogens (tertiary/aromatic N) is 5. The van der Waals surface area contributed by atoms with Crippen molar-refractivity contribution in [3.05, 3.63) is 39.8 Å². The Morgan fingerprint density at radius 1 is 1.12 bits per heavy atom. The molecule has 1 aliphatic heterocycles. The Bertz CT molecular complexity index is 900. The van der Waals surface area contributed by atoms with Crippen LogP contribution in [0.25, 0.3) is 10.2 Å². The molecule has 0 bridgehead atoms. The van der Waals surface area contributed by atoms with Crippen molar-refractivity contribution >= 4 is 33.2 Å². The van der Waals surface area contributed by atoms with E-state index in [1.165, 1.54) is 11.6 Å². The molecule has 0 aromatic carbocycles. The first-order chi connectivity index (χ1) is 11.7. The van der Waals surface area contributed by atoms with Crippen LogP contribution >= 0.6 is 11.3 Å². The summed E-state index contributed by atoms with van der Waals surface area (Å²) in [5, 5.41) is 8.78. The predicted octanol–water partition coefficient (Wildman–Crippen LogP) is 1.80. The van der Waals surface area contributed by atoms with E-state index in [2.05, 4.69) is 42.3 Å². The Morgan fingerprint density at radius 2 is 1.96 bits per heavy atom. The van der Waals surface area contributed by atoms with Crippen molar-refractivity contribution < 1.29 is 0 Å². The van der Waals surface area contributed by atoms with Crippen LogP contribution in [-0.2, 0) is 0 Å². The third kappa shape index (κ3) is 2.73. The molecule has 4 heterocycles. The smallest absolute Gasteiger partial charge is 0.264 e. The predicted molar refractivity (Wildman–Crippen MR) is 96.1 cm³/mol. The summed E-state index contributed by atoms with van der Waals surface area (Å²) >= 11 is 1.71. The molecule has 1 saturated heterocycles. The number of fused-ring (bicyclic) bond motifs is 1. The minimum absolute atomic E-state index is 0.174. The maximum absolute atomic E-state index is 11.2. The van der Waals surface area contributed by atoms with Gasteiger partial charge < -0.3 is 9.80 Å². The van der Waals surface area contributed by atoms with Crippen LogP contribution in [0.3, 0.4) is 0 Å². The van der Waals surface area contributed by atoms with Crippen molar-refractivity contribution in [1.82, 2.24) is 20.2 Å². The lowest BCUT2D eigenvalue weighted by atomic mass is 10.3. The fourth-order valence-electron chi connectivity index (χ4n) is 3.05. The molecule has 0 unspecified atom stereocenters. The fourth-order valence-corrected chi connectivity index (χ4v) is 4.07. The second-order valence-corrected chi connectivity index (χ2v) is 6.78. The van der Waals surface area contributed by atoms with Crippen molar-refractivity contribution in [2.24, 2.45) is 0 Å². The van der Waals surface area contributed by atoms with Crippen LogP contribution in [0.1, 0.15) is 12.0 Å². The summed E-state index contributed by atoms with van der Waals surface area (Å²) in [5.74, 6) is 1.84. The first-order valence-electron chi connectivity index (χ1n) is 7.97. The summed E-state index contributed by atoms with van der Waals surface area (Å²) in [7, 11) is 0. The van der Waals surface area contributed by atoms with Crippen LogP contribution in [0.2, 0.25) is 0 Å². The van der Waals surface area contributed by atoms with E-state index in [0.717, 1.165) is 54.5 Å². The number of aromatic nitrogens is 4. The molecule has 1 aliphatic rings. The van der Waals surface area contributed by atoms with E-state index in [-0.39, 0.29) is 5.56 Å². The summed E-state index contributed by atoms with van der Waals surface area (Å²) in [6.45, 7) is 5.65. The molecule has 0 radical (unpaired) electrons. The number of aryl methyl sites for hydroxylation is 1. The average molecular weight is 342 g/mol. The minimum atomic E-state index is -0.174. The molecular formula is C16H18N6OS. The zero-order chi connectivity index (χ0) is 16.5. The molecule has 0 saturated carbocycles. The van der Waals surface area contributed by atoms with Gasteiger partial charge in [0.25, 0.3) is 5.56 Å². The largest absolute Gasteiger partial charge is 0.353 e. The van der Waals surface area contributed by atoms with Crippen LogP contribution in [0.4, 0.5) is 11.6 Å². The van der Waals surface area contributed by atoms with Gasteiger partial charge in [-0.3, -0.25) is 4.79 Å². The van der Waals surface area contributed by atoms with Crippen molar-refractivity contribution in [3.63, 3.8) is 0 Å². The van der Waals surface area contributed by atoms with Crippen LogP contribution in [-0.4, -0.2) is 46.3 Å². The molecular weight excluding hydrogens is 324 g/mol. The molecule has 0 aliphatic carbocycles. The lowest BCUT2D eigenvalue weighted by molar-refractivity contribution is 0.782. The molecule has 3 aromatic heterocycles. The highest BCUT2D eigenvalue weighted by molar-refractivity contribution is 7.18. The molecule has 0 spiro atoms. The number of rotatable bonds is 2. The maximum Gasteiger partial charge on any atom is 0.264 e. The lowest BCUT2D eigenvalue weighted by Gasteiger charge is -2.23. The number of aromatic amines is 1. The van der Waals surface area contributed by atoms with Gasteiger partial charge in [-0.25, -0.2) is 15.1 Å². The highest BCUT2D eigenvalue weighted by Crippen LogP contribution is 2.31. The number of hydrogen-bond donors (Lipinski definition) is 1. The van der Waals surface area contributed by atoms with Gasteiger partial charge in [0.1, 0.15) is 18.0 Å². The van der Waals surface area contributed by atoms with Crippen LogP contribution < -0.4 is 15.4 Å². The summed E-state index contributed by atoms with van der Waals surface area (Å²) < 4.78 is 1.16. The maximum atomic E-state index is 11.2. The van der Waals surface area contributed by atoms with Gasteiger partial charge in [-0.05, 0) is 30.4 Å². The Balaban J connectivity index is 1.58. The highest BCUT2D eigenvalue weighted by Gasteiger charge is 2.20. The molecule has 7 nitrogen and oxygen atoms in total. The Labute approximate surface area is 143 Å². The molecule has 4 rings (SSSR count). The third-order valence-corrected chi connectivity index (χ3v) is 5.38. The molecule has 0 atom stereocenters. The molecule has 1 N–H and O–H groups in total. The van der Waals surface area contributed by atoms with Crippen LogP contribution in [0, 0.1) is 6.92 Å². The van der Waals surface area contributed by atoms with Gasteiger partial charge in [0.2, 0.25) is 0 Å². The van der Waals surface area contributed by atoms with Gasteiger partial charge in [-0.2, -0.15) is 5.10 Å². The van der Waals surface area contributed by atoms with Gasteiger partial charge >= 0.3 is 0 Å². The van der Waals surface area contributed by atoms with E-state index in [0.29, 0.717) is 0 Å². The SMILES string of the molecule is Cc1csc2c(N3CCCN(c4ccc(=O)[nH]n4)CC3)ncnc12. The van der Waals surface area contributed by atoms with E-state index in [4.69, 9.17) is 0 Å². The van der Waals surface area contributed by atoms with Crippen molar-refractivity contribution in [2.45, 2.75) is 13.3 Å². The van der Waals surface area contributed by atoms with E-state index in [1.807, 2.05) is 0 Å². The zero-order valence-electron chi connectivity index (χ0n) is 13.4. The van der Waals surface area contributed by atoms with Gasteiger partial charge in [0.05, 0.1) is 10.2 Å². The molecule has 3 aromatic rings. The quantitative estimate of drug-likeness (QED) is 0.765. The van der Waals surface area contributed by atoms with E-state index in [9.17, 15) is 4.79 Å². The number of nitrogens with one attached hydrogen (secondary N) is 1. The first-order valence-corrected chi connectivity index (χ1v) is 8.85. The minimum Gasteiger partial charge on any atom is -0.353 e. The van der Waals surface area contributed by atoms with Gasteiger partial charge in [0, 0.05) is 32.2 Å². The second kappa shape index (κ2) is 6.20. The number of hydrogen-bond acceptors (Lipinski definition) is 7. The van der Waals surface area contributed by atoms with Gasteiger partial charge in [-0.1, -0.05) is 0 Å². The molecule has 124 valence electrons. The van der Waals surface area contributed by atoms with Crippen LogP contribution in [0.5, 0.6) is 0 Å². The average Bonchev–Trinajstić information content (AvgIpc) is 2.83. The van der Waals surface area contributed by atoms with Gasteiger partial charge in [-0.15, -0.1) is 11.3 Å². The third-order valence-electron chi connectivity index (χ3n) is 4.30. The van der Waals surface area contributed by atoms with E-state index in [1.54, 1.807) is 23.7 Å². The summed E-state index contributed by atoms with van der Waals surface area (Å²) in [4.78, 5) is 24.7. The normalized spacial score (nSPS) is 15.7. The molecule has 0 amide bonds. The zero-order valence-corrected chi connectivity index (χ0v) is 14.2. The molecule has 24 heavy (non-hydrogen) atoms. The standard InChI is InChI=1S/C16H18N6OS/c1-11-9-24-15-14(11)17-10-18-16(15)22-6-2-5-21(7-8-22)12-3-4-13(23)20-19-12/h3-4,9-10H,2,5-8H2,1H3,(H,20,23). The summed E-state index contributed by atoms with van der Waals surface area (Å²) in [6, 6.07) is 3.30. The highest BCUT2D eigenvalue weighted by atomic mass is 32.1. The number of thiophene rings is 1. The first kappa shape index (κ1) is 15.1. The van der Waals surface area contributed by atoms with Crippen LogP contribution in [0.15, 0.2) is 28.6 Å². The summed E-state index contributed by atoms with van der Waals surface area (Å²) in [5.41, 5.74) is 2.08. The van der Waals surface area contributed by atoms with E-state index >= 15 is 0 Å².